The van der Waals surface area contributed by atoms with Crippen LogP contribution in [0.15, 0.2) is 42.7 Å². The van der Waals surface area contributed by atoms with Crippen LogP contribution >= 0.6 is 11.6 Å². The molecule has 0 N–H and O–H groups in total. The molecule has 1 amide bonds. The maximum absolute atomic E-state index is 12.3. The van der Waals surface area contributed by atoms with Crippen LogP contribution in [0.2, 0.25) is 5.02 Å². The van der Waals surface area contributed by atoms with Crippen LogP contribution < -0.4 is 0 Å². The fraction of sp³-hybridized carbons (Fsp3) is 0.478. The van der Waals surface area contributed by atoms with Crippen LogP contribution in [-0.2, 0) is 11.2 Å². The van der Waals surface area contributed by atoms with Gasteiger partial charge in [0.1, 0.15) is 0 Å². The number of benzene rings is 1. The van der Waals surface area contributed by atoms with Crippen molar-refractivity contribution in [3.8, 4) is 11.1 Å². The van der Waals surface area contributed by atoms with Gasteiger partial charge in [-0.1, -0.05) is 36.2 Å². The van der Waals surface area contributed by atoms with E-state index in [4.69, 9.17) is 11.6 Å². The standard InChI is InChI=1S/C23H27ClN2O/c24-22-15-18(20-6-4-11-25-16-20)9-10-19(22)13-17-5-3-7-21(14-17)26-12-2-1-8-23(26)27/h4,6,9-11,15-17,21H,1-3,5,7-8,12-14H2. The van der Waals surface area contributed by atoms with E-state index in [1.54, 1.807) is 6.20 Å². The number of hydrogen-bond acceptors (Lipinski definition) is 2. The van der Waals surface area contributed by atoms with Crippen molar-refractivity contribution in [2.24, 2.45) is 5.92 Å². The number of likely N-dealkylation sites (tertiary alicyclic amines) is 1. The summed E-state index contributed by atoms with van der Waals surface area (Å²) in [6, 6.07) is 10.8. The van der Waals surface area contributed by atoms with E-state index in [1.165, 1.54) is 18.4 Å². The van der Waals surface area contributed by atoms with Crippen molar-refractivity contribution in [2.75, 3.05) is 6.54 Å². The van der Waals surface area contributed by atoms with Crippen LogP contribution in [0.25, 0.3) is 11.1 Å². The van der Waals surface area contributed by atoms with Gasteiger partial charge in [-0.05, 0) is 67.7 Å². The molecule has 0 spiro atoms. The minimum Gasteiger partial charge on any atom is -0.340 e. The summed E-state index contributed by atoms with van der Waals surface area (Å²) >= 11 is 6.62. The molecule has 2 atom stereocenters. The lowest BCUT2D eigenvalue weighted by atomic mass is 9.81. The van der Waals surface area contributed by atoms with Gasteiger partial charge in [-0.25, -0.2) is 0 Å². The van der Waals surface area contributed by atoms with E-state index in [9.17, 15) is 4.79 Å². The lowest BCUT2D eigenvalue weighted by Gasteiger charge is -2.39. The highest BCUT2D eigenvalue weighted by atomic mass is 35.5. The quantitative estimate of drug-likeness (QED) is 0.697. The average Bonchev–Trinajstić information content (AvgIpc) is 2.71. The lowest BCUT2D eigenvalue weighted by Crippen LogP contribution is -2.45. The Morgan fingerprint density at radius 1 is 1.11 bits per heavy atom. The van der Waals surface area contributed by atoms with Gasteiger partial charge in [-0.2, -0.15) is 0 Å². The van der Waals surface area contributed by atoms with E-state index in [0.29, 0.717) is 17.9 Å². The molecule has 1 aliphatic heterocycles. The molecule has 0 radical (unpaired) electrons. The van der Waals surface area contributed by atoms with Crippen molar-refractivity contribution >= 4 is 17.5 Å². The van der Waals surface area contributed by atoms with Gasteiger partial charge < -0.3 is 4.90 Å². The molecule has 2 unspecified atom stereocenters. The Balaban J connectivity index is 1.43. The summed E-state index contributed by atoms with van der Waals surface area (Å²) in [6.07, 6.45) is 12.3. The van der Waals surface area contributed by atoms with Crippen molar-refractivity contribution in [1.29, 1.82) is 0 Å². The largest absolute Gasteiger partial charge is 0.340 e. The number of nitrogens with zero attached hydrogens (tertiary/aromatic N) is 2. The molecule has 2 fully saturated rings. The summed E-state index contributed by atoms with van der Waals surface area (Å²) in [4.78, 5) is 18.6. The molecule has 1 aromatic carbocycles. The highest BCUT2D eigenvalue weighted by Gasteiger charge is 2.31. The van der Waals surface area contributed by atoms with E-state index in [1.807, 2.05) is 12.3 Å². The summed E-state index contributed by atoms with van der Waals surface area (Å²) in [6.45, 7) is 0.955. The highest BCUT2D eigenvalue weighted by molar-refractivity contribution is 6.31. The number of carbonyl (C=O) groups is 1. The van der Waals surface area contributed by atoms with E-state index in [0.717, 1.165) is 61.2 Å². The SMILES string of the molecule is O=C1CCCCN1C1CCCC(Cc2ccc(-c3cccnc3)cc2Cl)C1. The van der Waals surface area contributed by atoms with Crippen molar-refractivity contribution in [3.63, 3.8) is 0 Å². The number of amides is 1. The molecule has 1 saturated carbocycles. The Morgan fingerprint density at radius 3 is 2.81 bits per heavy atom. The topological polar surface area (TPSA) is 33.2 Å². The van der Waals surface area contributed by atoms with Gasteiger partial charge in [-0.3, -0.25) is 9.78 Å². The molecule has 27 heavy (non-hydrogen) atoms. The Kier molecular flexibility index (Phi) is 5.77. The maximum Gasteiger partial charge on any atom is 0.222 e. The number of piperidine rings is 1. The first-order chi connectivity index (χ1) is 13.2. The van der Waals surface area contributed by atoms with Crippen LogP contribution in [0.3, 0.4) is 0 Å². The number of carbonyl (C=O) groups excluding carboxylic acids is 1. The third-order valence-corrected chi connectivity index (χ3v) is 6.46. The Bertz CT molecular complexity index is 792. The second kappa shape index (κ2) is 8.43. The Labute approximate surface area is 166 Å². The molecule has 2 heterocycles. The van der Waals surface area contributed by atoms with E-state index < -0.39 is 0 Å². The zero-order chi connectivity index (χ0) is 18.6. The van der Waals surface area contributed by atoms with Gasteiger partial charge in [0.25, 0.3) is 0 Å². The number of hydrogen-bond donors (Lipinski definition) is 0. The van der Waals surface area contributed by atoms with Crippen molar-refractivity contribution in [2.45, 2.75) is 57.4 Å². The summed E-state index contributed by atoms with van der Waals surface area (Å²) < 4.78 is 0. The molecule has 2 aliphatic rings. The van der Waals surface area contributed by atoms with Crippen LogP contribution in [-0.4, -0.2) is 28.4 Å². The second-order valence-corrected chi connectivity index (χ2v) is 8.39. The molecule has 1 aromatic heterocycles. The minimum atomic E-state index is 0.366. The molecule has 4 heteroatoms. The van der Waals surface area contributed by atoms with Gasteiger partial charge in [-0.15, -0.1) is 0 Å². The monoisotopic (exact) mass is 382 g/mol. The van der Waals surface area contributed by atoms with Crippen LogP contribution in [0.1, 0.15) is 50.5 Å². The van der Waals surface area contributed by atoms with Crippen molar-refractivity contribution in [1.82, 2.24) is 9.88 Å². The molecular weight excluding hydrogens is 356 g/mol. The molecule has 142 valence electrons. The zero-order valence-corrected chi connectivity index (χ0v) is 16.5. The molecule has 4 rings (SSSR count). The number of halogens is 1. The first-order valence-electron chi connectivity index (χ1n) is 10.2. The fourth-order valence-electron chi connectivity index (χ4n) is 4.68. The lowest BCUT2D eigenvalue weighted by molar-refractivity contribution is -0.136. The second-order valence-electron chi connectivity index (χ2n) is 7.98. The highest BCUT2D eigenvalue weighted by Crippen LogP contribution is 2.34. The normalized spacial score (nSPS) is 23.4. The Hall–Kier alpha value is -1.87. The summed E-state index contributed by atoms with van der Waals surface area (Å²) in [5.41, 5.74) is 3.42. The predicted octanol–water partition coefficient (Wildman–Crippen LogP) is 5.52. The van der Waals surface area contributed by atoms with Gasteiger partial charge in [0.15, 0.2) is 0 Å². The summed E-state index contributed by atoms with van der Waals surface area (Å²) in [5.74, 6) is 0.978. The minimum absolute atomic E-state index is 0.366. The first-order valence-corrected chi connectivity index (χ1v) is 10.6. The van der Waals surface area contributed by atoms with Crippen LogP contribution in [0, 0.1) is 5.92 Å². The van der Waals surface area contributed by atoms with Crippen molar-refractivity contribution in [3.05, 3.63) is 53.3 Å². The third kappa shape index (κ3) is 4.35. The number of aromatic nitrogens is 1. The molecule has 1 saturated heterocycles. The molecule has 0 bridgehead atoms. The zero-order valence-electron chi connectivity index (χ0n) is 15.7. The van der Waals surface area contributed by atoms with Gasteiger partial charge in [0.2, 0.25) is 5.91 Å². The van der Waals surface area contributed by atoms with Gasteiger partial charge >= 0.3 is 0 Å². The molecule has 2 aromatic rings. The van der Waals surface area contributed by atoms with Gasteiger partial charge in [0.05, 0.1) is 0 Å². The summed E-state index contributed by atoms with van der Waals surface area (Å²) in [5, 5.41) is 0.840. The van der Waals surface area contributed by atoms with Gasteiger partial charge in [0, 0.05) is 42.0 Å². The van der Waals surface area contributed by atoms with Crippen LogP contribution in [0.4, 0.5) is 0 Å². The number of rotatable bonds is 4. The van der Waals surface area contributed by atoms with E-state index in [2.05, 4.69) is 34.1 Å². The fourth-order valence-corrected chi connectivity index (χ4v) is 4.94. The number of pyridine rings is 1. The predicted molar refractivity (Wildman–Crippen MR) is 110 cm³/mol. The Morgan fingerprint density at radius 2 is 2.04 bits per heavy atom. The first kappa shape index (κ1) is 18.5. The van der Waals surface area contributed by atoms with Crippen molar-refractivity contribution < 1.29 is 4.79 Å². The smallest absolute Gasteiger partial charge is 0.222 e. The average molecular weight is 383 g/mol. The third-order valence-electron chi connectivity index (χ3n) is 6.11. The summed E-state index contributed by atoms with van der Waals surface area (Å²) in [7, 11) is 0. The maximum atomic E-state index is 12.3. The molecule has 1 aliphatic carbocycles. The molecule has 3 nitrogen and oxygen atoms in total. The van der Waals surface area contributed by atoms with E-state index in [-0.39, 0.29) is 0 Å². The van der Waals surface area contributed by atoms with E-state index >= 15 is 0 Å². The van der Waals surface area contributed by atoms with Crippen LogP contribution in [0.5, 0.6) is 0 Å². The molecular formula is C23H27ClN2O.